The fourth-order valence-electron chi connectivity index (χ4n) is 1.99. The smallest absolute Gasteiger partial charge is 0.416 e. The van der Waals surface area contributed by atoms with E-state index in [1.54, 1.807) is 22.6 Å². The minimum atomic E-state index is -4.94. The van der Waals surface area contributed by atoms with Gasteiger partial charge < -0.3 is 5.11 Å². The molecule has 2 aromatic carbocycles. The molecule has 0 aliphatic rings. The molecule has 0 atom stereocenters. The molecule has 9 heteroatoms. The van der Waals surface area contributed by atoms with Crippen LogP contribution < -0.4 is 0 Å². The lowest BCUT2D eigenvalue weighted by molar-refractivity contribution is -0.143. The molecule has 2 nitrogen and oxygen atoms in total. The van der Waals surface area contributed by atoms with Gasteiger partial charge in [-0.3, -0.25) is 0 Å². The lowest BCUT2D eigenvalue weighted by Gasteiger charge is -2.15. The Labute approximate surface area is 145 Å². The zero-order valence-electron chi connectivity index (χ0n) is 11.5. The summed E-state index contributed by atoms with van der Waals surface area (Å²) < 4.78 is 77.5. The average Bonchev–Trinajstić information content (AvgIpc) is 2.44. The van der Waals surface area contributed by atoms with E-state index in [2.05, 4.69) is 0 Å². The summed E-state index contributed by atoms with van der Waals surface area (Å²) in [5.74, 6) is -1.25. The molecular weight excluding hydrogens is 453 g/mol. The number of halogens is 7. The lowest BCUT2D eigenvalue weighted by atomic mass is 9.98. The molecule has 0 saturated heterocycles. The summed E-state index contributed by atoms with van der Waals surface area (Å²) in [7, 11) is 0. The first-order chi connectivity index (χ1) is 10.9. The average molecular weight is 460 g/mol. The van der Waals surface area contributed by atoms with Gasteiger partial charge in [0, 0.05) is 3.57 Å². The van der Waals surface area contributed by atoms with Gasteiger partial charge in [-0.25, -0.2) is 4.79 Å². The summed E-state index contributed by atoms with van der Waals surface area (Å²) in [6.07, 6.45) is -9.88. The Morgan fingerprint density at radius 2 is 1.38 bits per heavy atom. The normalized spacial score (nSPS) is 12.3. The fourth-order valence-corrected chi connectivity index (χ4v) is 2.82. The van der Waals surface area contributed by atoms with Crippen LogP contribution in [-0.2, 0) is 12.4 Å². The zero-order valence-corrected chi connectivity index (χ0v) is 13.6. The van der Waals surface area contributed by atoms with Crippen molar-refractivity contribution in [2.24, 2.45) is 0 Å². The highest BCUT2D eigenvalue weighted by molar-refractivity contribution is 14.1. The molecule has 0 unspecified atom stereocenters. The van der Waals surface area contributed by atoms with E-state index in [0.29, 0.717) is 12.1 Å². The fraction of sp³-hybridized carbons (Fsp3) is 0.133. The highest BCUT2D eigenvalue weighted by Gasteiger charge is 2.37. The summed E-state index contributed by atoms with van der Waals surface area (Å²) in [6.45, 7) is 0. The summed E-state index contributed by atoms with van der Waals surface area (Å²) in [5, 5.41) is 8.87. The monoisotopic (exact) mass is 460 g/mol. The molecule has 0 aliphatic carbocycles. The molecule has 0 amide bonds. The number of carboxylic acid groups (broad SMARTS) is 1. The first-order valence-electron chi connectivity index (χ1n) is 6.22. The number of hydrogen-bond donors (Lipinski definition) is 1. The number of aromatic carboxylic acids is 1. The van der Waals surface area contributed by atoms with Crippen molar-refractivity contribution in [3.05, 3.63) is 56.7 Å². The van der Waals surface area contributed by atoms with Crippen LogP contribution in [0.5, 0.6) is 0 Å². The van der Waals surface area contributed by atoms with Crippen LogP contribution in [0.25, 0.3) is 11.1 Å². The molecular formula is C15H7F6IO2. The lowest BCUT2D eigenvalue weighted by Crippen LogP contribution is -2.11. The van der Waals surface area contributed by atoms with Crippen molar-refractivity contribution in [2.45, 2.75) is 12.4 Å². The summed E-state index contributed by atoms with van der Waals surface area (Å²) >= 11 is 1.66. The Kier molecular flexibility index (Phi) is 4.84. The number of benzene rings is 2. The first-order valence-corrected chi connectivity index (χ1v) is 7.30. The Hall–Kier alpha value is -1.78. The van der Waals surface area contributed by atoms with E-state index < -0.39 is 29.4 Å². The van der Waals surface area contributed by atoms with Crippen molar-refractivity contribution in [1.29, 1.82) is 0 Å². The maximum atomic E-state index is 12.9. The molecule has 0 radical (unpaired) electrons. The third kappa shape index (κ3) is 4.00. The minimum Gasteiger partial charge on any atom is -0.478 e. The Balaban J connectivity index is 2.68. The number of carbonyl (C=O) groups is 1. The molecule has 0 saturated carbocycles. The van der Waals surface area contributed by atoms with Gasteiger partial charge in [-0.2, -0.15) is 26.3 Å². The highest BCUT2D eigenvalue weighted by Crippen LogP contribution is 2.39. The van der Waals surface area contributed by atoms with Crippen LogP contribution in [0.3, 0.4) is 0 Å². The predicted molar refractivity (Wildman–Crippen MR) is 81.6 cm³/mol. The molecule has 0 spiro atoms. The molecule has 0 aromatic heterocycles. The minimum absolute atomic E-state index is 0.0436. The quantitative estimate of drug-likeness (QED) is 0.462. The summed E-state index contributed by atoms with van der Waals surface area (Å²) in [5.41, 5.74) is -3.18. The largest absolute Gasteiger partial charge is 0.478 e. The van der Waals surface area contributed by atoms with Gasteiger partial charge in [-0.15, -0.1) is 0 Å². The van der Waals surface area contributed by atoms with Crippen molar-refractivity contribution < 1.29 is 36.2 Å². The van der Waals surface area contributed by atoms with E-state index in [1.807, 2.05) is 0 Å². The third-order valence-electron chi connectivity index (χ3n) is 3.11. The summed E-state index contributed by atoms with van der Waals surface area (Å²) in [4.78, 5) is 10.9. The van der Waals surface area contributed by atoms with Gasteiger partial charge in [0.25, 0.3) is 0 Å². The number of hydrogen-bond acceptors (Lipinski definition) is 1. The Morgan fingerprint density at radius 1 is 0.875 bits per heavy atom. The number of carboxylic acids is 1. The van der Waals surface area contributed by atoms with Crippen molar-refractivity contribution in [2.75, 3.05) is 0 Å². The zero-order chi connectivity index (χ0) is 18.3. The Morgan fingerprint density at radius 3 is 1.75 bits per heavy atom. The van der Waals surface area contributed by atoms with E-state index in [0.717, 1.165) is 6.07 Å². The van der Waals surface area contributed by atoms with Crippen LogP contribution >= 0.6 is 22.6 Å². The van der Waals surface area contributed by atoms with Crippen molar-refractivity contribution in [1.82, 2.24) is 0 Å². The second kappa shape index (κ2) is 6.26. The molecule has 2 rings (SSSR count). The number of alkyl halides is 6. The first kappa shape index (κ1) is 18.6. The van der Waals surface area contributed by atoms with Crippen LogP contribution in [0.15, 0.2) is 36.4 Å². The van der Waals surface area contributed by atoms with Gasteiger partial charge in [0.15, 0.2) is 0 Å². The van der Waals surface area contributed by atoms with Crippen LogP contribution in [0.4, 0.5) is 26.3 Å². The van der Waals surface area contributed by atoms with Gasteiger partial charge in [-0.05, 0) is 64.0 Å². The SMILES string of the molecule is O=C(O)c1ccc(-c2cc(C(F)(F)F)cc(C(F)(F)F)c2)c(I)c1. The van der Waals surface area contributed by atoms with Gasteiger partial charge in [0.1, 0.15) is 0 Å². The second-order valence-electron chi connectivity index (χ2n) is 4.79. The molecule has 0 heterocycles. The van der Waals surface area contributed by atoms with Gasteiger partial charge in [0.05, 0.1) is 16.7 Å². The van der Waals surface area contributed by atoms with Gasteiger partial charge in [-0.1, -0.05) is 6.07 Å². The third-order valence-corrected chi connectivity index (χ3v) is 4.01. The molecule has 2 aromatic rings. The number of rotatable bonds is 2. The molecule has 128 valence electrons. The van der Waals surface area contributed by atoms with Gasteiger partial charge >= 0.3 is 18.3 Å². The topological polar surface area (TPSA) is 37.3 Å². The van der Waals surface area contributed by atoms with E-state index >= 15 is 0 Å². The van der Waals surface area contributed by atoms with Crippen LogP contribution in [-0.4, -0.2) is 11.1 Å². The van der Waals surface area contributed by atoms with Crippen molar-refractivity contribution >= 4 is 28.6 Å². The molecule has 0 fully saturated rings. The Bertz CT molecular complexity index is 763. The van der Waals surface area contributed by atoms with Crippen LogP contribution in [0, 0.1) is 3.57 Å². The molecule has 0 aliphatic heterocycles. The standard InChI is InChI=1S/C15H7F6IO2/c16-14(17,18)9-3-8(4-10(6-9)15(19,20)21)11-2-1-7(13(23)24)5-12(11)22/h1-6H,(H,23,24). The van der Waals surface area contributed by atoms with E-state index in [1.165, 1.54) is 12.1 Å². The van der Waals surface area contributed by atoms with E-state index in [-0.39, 0.29) is 26.3 Å². The van der Waals surface area contributed by atoms with Crippen molar-refractivity contribution in [3.63, 3.8) is 0 Å². The second-order valence-corrected chi connectivity index (χ2v) is 5.96. The maximum absolute atomic E-state index is 12.9. The molecule has 0 bridgehead atoms. The summed E-state index contributed by atoms with van der Waals surface area (Å²) in [6, 6.07) is 4.72. The maximum Gasteiger partial charge on any atom is 0.416 e. The van der Waals surface area contributed by atoms with Gasteiger partial charge in [0.2, 0.25) is 0 Å². The molecule has 24 heavy (non-hydrogen) atoms. The molecule has 1 N–H and O–H groups in total. The highest BCUT2D eigenvalue weighted by atomic mass is 127. The van der Waals surface area contributed by atoms with Crippen LogP contribution in [0.2, 0.25) is 0 Å². The van der Waals surface area contributed by atoms with E-state index in [9.17, 15) is 31.1 Å². The van der Waals surface area contributed by atoms with E-state index in [4.69, 9.17) is 5.11 Å². The van der Waals surface area contributed by atoms with Crippen molar-refractivity contribution in [3.8, 4) is 11.1 Å². The van der Waals surface area contributed by atoms with Crippen LogP contribution in [0.1, 0.15) is 21.5 Å². The predicted octanol–water partition coefficient (Wildman–Crippen LogP) is 5.69.